The summed E-state index contributed by atoms with van der Waals surface area (Å²) in [7, 11) is 0. The minimum Gasteiger partial charge on any atom is -0.361 e. The summed E-state index contributed by atoms with van der Waals surface area (Å²) >= 11 is 0. The largest absolute Gasteiger partial charge is 0.361 e. The molecule has 0 saturated heterocycles. The minimum atomic E-state index is -0.347. The quantitative estimate of drug-likeness (QED) is 0.408. The Balaban J connectivity index is 1.39. The Morgan fingerprint density at radius 2 is 1.68 bits per heavy atom. The van der Waals surface area contributed by atoms with Crippen LogP contribution in [-0.2, 0) is 11.2 Å². The van der Waals surface area contributed by atoms with Crippen LogP contribution >= 0.6 is 0 Å². The fourth-order valence-corrected chi connectivity index (χ4v) is 3.30. The number of aromatic amines is 1. The van der Waals surface area contributed by atoms with Gasteiger partial charge in [-0.15, -0.1) is 0 Å². The molecule has 0 radical (unpaired) electrons. The van der Waals surface area contributed by atoms with Crippen molar-refractivity contribution in [2.24, 2.45) is 5.10 Å². The second kappa shape index (κ2) is 7.11. The van der Waals surface area contributed by atoms with E-state index in [2.05, 4.69) is 15.5 Å². The fourth-order valence-electron chi connectivity index (χ4n) is 3.30. The Morgan fingerprint density at radius 3 is 2.39 bits per heavy atom. The van der Waals surface area contributed by atoms with Gasteiger partial charge in [-0.05, 0) is 30.7 Å². The van der Waals surface area contributed by atoms with Crippen molar-refractivity contribution < 1.29 is 14.4 Å². The average Bonchev–Trinajstić information content (AvgIpc) is 3.22. The summed E-state index contributed by atoms with van der Waals surface area (Å²) in [4.78, 5) is 41.2. The molecule has 4 rings (SSSR count). The van der Waals surface area contributed by atoms with Crippen molar-refractivity contribution in [2.45, 2.75) is 13.3 Å². The number of benzene rings is 2. The number of H-pyrrole nitrogens is 1. The Bertz CT molecular complexity index is 1090. The first-order valence-corrected chi connectivity index (χ1v) is 8.87. The second-order valence-corrected chi connectivity index (χ2v) is 6.66. The number of hydrazone groups is 1. The van der Waals surface area contributed by atoms with Gasteiger partial charge < -0.3 is 4.98 Å². The zero-order valence-corrected chi connectivity index (χ0v) is 15.2. The van der Waals surface area contributed by atoms with Crippen molar-refractivity contribution in [1.29, 1.82) is 0 Å². The molecule has 3 aromatic rings. The molecule has 3 amide bonds. The van der Waals surface area contributed by atoms with Gasteiger partial charge in [0.1, 0.15) is 0 Å². The van der Waals surface area contributed by atoms with Crippen LogP contribution in [0.1, 0.15) is 33.2 Å². The third-order valence-corrected chi connectivity index (χ3v) is 4.66. The van der Waals surface area contributed by atoms with Crippen LogP contribution in [0, 0.1) is 0 Å². The molecule has 1 aromatic heterocycles. The number of nitrogens with zero attached hydrogens (tertiary/aromatic N) is 2. The number of carbonyl (C=O) groups is 3. The Hall–Kier alpha value is -3.74. The van der Waals surface area contributed by atoms with Gasteiger partial charge in [0.05, 0.1) is 29.8 Å². The first kappa shape index (κ1) is 17.7. The van der Waals surface area contributed by atoms with Crippen molar-refractivity contribution >= 4 is 34.3 Å². The van der Waals surface area contributed by atoms with E-state index < -0.39 is 0 Å². The zero-order chi connectivity index (χ0) is 19.7. The number of hydrogen-bond donors (Lipinski definition) is 2. The van der Waals surface area contributed by atoms with Crippen LogP contribution in [0.4, 0.5) is 0 Å². The van der Waals surface area contributed by atoms with Gasteiger partial charge in [-0.3, -0.25) is 19.3 Å². The van der Waals surface area contributed by atoms with Gasteiger partial charge in [0.25, 0.3) is 11.8 Å². The molecule has 1 aliphatic heterocycles. The van der Waals surface area contributed by atoms with Gasteiger partial charge in [-0.2, -0.15) is 5.10 Å². The fraction of sp³-hybridized carbons (Fsp3) is 0.143. The van der Waals surface area contributed by atoms with E-state index >= 15 is 0 Å². The van der Waals surface area contributed by atoms with Crippen LogP contribution in [0.3, 0.4) is 0 Å². The van der Waals surface area contributed by atoms with E-state index in [1.165, 1.54) is 0 Å². The number of hydrogen-bond acceptors (Lipinski definition) is 4. The first-order valence-electron chi connectivity index (χ1n) is 8.87. The summed E-state index contributed by atoms with van der Waals surface area (Å²) < 4.78 is 0. The zero-order valence-electron chi connectivity index (χ0n) is 15.2. The third-order valence-electron chi connectivity index (χ3n) is 4.66. The third kappa shape index (κ3) is 3.18. The summed E-state index contributed by atoms with van der Waals surface area (Å²) in [5.41, 5.74) is 5.58. The number of rotatable bonds is 5. The van der Waals surface area contributed by atoms with Gasteiger partial charge >= 0.3 is 0 Å². The molecule has 2 aromatic carbocycles. The highest BCUT2D eigenvalue weighted by Crippen LogP contribution is 2.22. The maximum absolute atomic E-state index is 12.4. The monoisotopic (exact) mass is 374 g/mol. The number of nitrogens with one attached hydrogen (secondary N) is 2. The van der Waals surface area contributed by atoms with E-state index in [0.29, 0.717) is 16.8 Å². The molecular formula is C21H18N4O3. The highest BCUT2D eigenvalue weighted by molar-refractivity contribution is 6.22. The summed E-state index contributed by atoms with van der Waals surface area (Å²) in [6.45, 7) is 1.69. The number of imide groups is 1. The van der Waals surface area contributed by atoms with Crippen LogP contribution in [-0.4, -0.2) is 39.9 Å². The van der Waals surface area contributed by atoms with Crippen LogP contribution in [0.2, 0.25) is 0 Å². The van der Waals surface area contributed by atoms with Crippen LogP contribution in [0.5, 0.6) is 0 Å². The van der Waals surface area contributed by atoms with E-state index in [1.54, 1.807) is 37.4 Å². The predicted molar refractivity (Wildman–Crippen MR) is 105 cm³/mol. The molecule has 0 unspecified atom stereocenters. The van der Waals surface area contributed by atoms with Crippen molar-refractivity contribution in [2.75, 3.05) is 6.54 Å². The molecule has 0 saturated carbocycles. The smallest absolute Gasteiger partial charge is 0.261 e. The van der Waals surface area contributed by atoms with Crippen LogP contribution < -0.4 is 5.43 Å². The average molecular weight is 374 g/mol. The highest BCUT2D eigenvalue weighted by atomic mass is 16.2. The molecule has 140 valence electrons. The molecule has 0 aliphatic carbocycles. The lowest BCUT2D eigenvalue weighted by Crippen LogP contribution is -2.35. The van der Waals surface area contributed by atoms with Gasteiger partial charge in [0.15, 0.2) is 0 Å². The first-order chi connectivity index (χ1) is 13.5. The SMILES string of the molecule is CC(CN1C(=O)c2ccccc2C1=O)=NNC(=O)Cc1c[nH]c2ccccc12. The normalized spacial score (nSPS) is 13.9. The summed E-state index contributed by atoms with van der Waals surface area (Å²) in [6.07, 6.45) is 1.98. The molecule has 0 bridgehead atoms. The summed E-state index contributed by atoms with van der Waals surface area (Å²) in [5.74, 6) is -0.966. The second-order valence-electron chi connectivity index (χ2n) is 6.66. The molecule has 0 fully saturated rings. The number of fused-ring (bicyclic) bond motifs is 2. The summed E-state index contributed by atoms with van der Waals surface area (Å²) in [6, 6.07) is 14.4. The number of amides is 3. The lowest BCUT2D eigenvalue weighted by Gasteiger charge is -2.13. The van der Waals surface area contributed by atoms with E-state index in [-0.39, 0.29) is 30.7 Å². The molecule has 0 atom stereocenters. The molecule has 7 heteroatoms. The lowest BCUT2D eigenvalue weighted by atomic mass is 10.1. The van der Waals surface area contributed by atoms with Crippen molar-refractivity contribution in [3.05, 3.63) is 71.4 Å². The van der Waals surface area contributed by atoms with Crippen molar-refractivity contribution in [1.82, 2.24) is 15.3 Å². The van der Waals surface area contributed by atoms with Crippen LogP contribution in [0.25, 0.3) is 10.9 Å². The lowest BCUT2D eigenvalue weighted by molar-refractivity contribution is -0.120. The Morgan fingerprint density at radius 1 is 1.04 bits per heavy atom. The van der Waals surface area contributed by atoms with Crippen molar-refractivity contribution in [3.63, 3.8) is 0 Å². The molecule has 0 spiro atoms. The molecule has 2 N–H and O–H groups in total. The number of carbonyl (C=O) groups excluding carboxylic acids is 3. The van der Waals surface area contributed by atoms with E-state index in [9.17, 15) is 14.4 Å². The maximum atomic E-state index is 12.4. The van der Waals surface area contributed by atoms with Gasteiger partial charge in [-0.1, -0.05) is 30.3 Å². The predicted octanol–water partition coefficient (Wildman–Crippen LogP) is 2.50. The van der Waals surface area contributed by atoms with Gasteiger partial charge in [-0.25, -0.2) is 5.43 Å². The van der Waals surface area contributed by atoms with E-state index in [4.69, 9.17) is 0 Å². The molecule has 1 aliphatic rings. The standard InChI is InChI=1S/C21H18N4O3/c1-13(12-25-20(27)16-7-2-3-8-17(16)21(25)28)23-24-19(26)10-14-11-22-18-9-5-4-6-15(14)18/h2-9,11,22H,10,12H2,1H3,(H,24,26). The highest BCUT2D eigenvalue weighted by Gasteiger charge is 2.35. The molecule has 28 heavy (non-hydrogen) atoms. The van der Waals surface area contributed by atoms with E-state index in [1.807, 2.05) is 24.3 Å². The van der Waals surface area contributed by atoms with Gasteiger partial charge in [0.2, 0.25) is 5.91 Å². The molecular weight excluding hydrogens is 356 g/mol. The molecule has 2 heterocycles. The minimum absolute atomic E-state index is 0.0275. The van der Waals surface area contributed by atoms with Gasteiger partial charge in [0, 0.05) is 17.1 Å². The van der Waals surface area contributed by atoms with Crippen molar-refractivity contribution in [3.8, 4) is 0 Å². The molecule has 7 nitrogen and oxygen atoms in total. The Kier molecular flexibility index (Phi) is 4.49. The Labute approximate surface area is 161 Å². The number of aromatic nitrogens is 1. The van der Waals surface area contributed by atoms with Crippen LogP contribution in [0.15, 0.2) is 59.8 Å². The topological polar surface area (TPSA) is 94.6 Å². The maximum Gasteiger partial charge on any atom is 0.261 e. The van der Waals surface area contributed by atoms with E-state index in [0.717, 1.165) is 21.4 Å². The summed E-state index contributed by atoms with van der Waals surface area (Å²) in [5, 5.41) is 5.03. The number of para-hydroxylation sites is 1.